The van der Waals surface area contributed by atoms with E-state index in [2.05, 4.69) is 5.32 Å². The van der Waals surface area contributed by atoms with Crippen LogP contribution in [0.25, 0.3) is 0 Å². The van der Waals surface area contributed by atoms with E-state index in [-0.39, 0.29) is 6.54 Å². The second kappa shape index (κ2) is 9.27. The Morgan fingerprint density at radius 1 is 1.04 bits per heavy atom. The fraction of sp³-hybridized carbons (Fsp3) is 0.316. The van der Waals surface area contributed by atoms with Gasteiger partial charge in [0.05, 0.1) is 25.7 Å². The molecular formula is C19H24N2O5S. The lowest BCUT2D eigenvalue weighted by molar-refractivity contribution is -0.119. The second-order valence-corrected chi connectivity index (χ2v) is 7.73. The molecule has 0 aliphatic heterocycles. The molecule has 8 heteroatoms. The van der Waals surface area contributed by atoms with Gasteiger partial charge < -0.3 is 14.8 Å². The van der Waals surface area contributed by atoms with Gasteiger partial charge in [0, 0.05) is 6.54 Å². The molecule has 27 heavy (non-hydrogen) atoms. The lowest BCUT2D eigenvalue weighted by atomic mass is 10.2. The van der Waals surface area contributed by atoms with E-state index in [0.717, 1.165) is 21.9 Å². The molecule has 0 saturated carbocycles. The lowest BCUT2D eigenvalue weighted by Crippen LogP contribution is -2.40. The highest BCUT2D eigenvalue weighted by atomic mass is 32.2. The van der Waals surface area contributed by atoms with Gasteiger partial charge >= 0.3 is 0 Å². The average Bonchev–Trinajstić information content (AvgIpc) is 2.65. The van der Waals surface area contributed by atoms with Crippen molar-refractivity contribution in [2.75, 3.05) is 30.8 Å². The molecular weight excluding hydrogens is 368 g/mol. The number of hydrogen-bond acceptors (Lipinski definition) is 5. The van der Waals surface area contributed by atoms with E-state index in [9.17, 15) is 13.2 Å². The van der Waals surface area contributed by atoms with Gasteiger partial charge in [0.25, 0.3) is 0 Å². The Kier molecular flexibility index (Phi) is 7.06. The van der Waals surface area contributed by atoms with Crippen LogP contribution in [0.3, 0.4) is 0 Å². The smallest absolute Gasteiger partial charge is 0.241 e. The first-order chi connectivity index (χ1) is 12.8. The second-order valence-electron chi connectivity index (χ2n) is 5.82. The molecule has 7 nitrogen and oxygen atoms in total. The Morgan fingerprint density at radius 2 is 1.63 bits per heavy atom. The lowest BCUT2D eigenvalue weighted by Gasteiger charge is -2.22. The molecule has 0 atom stereocenters. The van der Waals surface area contributed by atoms with Crippen LogP contribution in [0.1, 0.15) is 12.5 Å². The Morgan fingerprint density at radius 3 is 2.15 bits per heavy atom. The molecule has 146 valence electrons. The summed E-state index contributed by atoms with van der Waals surface area (Å²) in [5, 5.41) is 2.73. The number of benzene rings is 2. The highest BCUT2D eigenvalue weighted by Gasteiger charge is 2.20. The minimum absolute atomic E-state index is 0.297. The van der Waals surface area contributed by atoms with Crippen molar-refractivity contribution in [3.63, 3.8) is 0 Å². The molecule has 0 saturated heterocycles. The summed E-state index contributed by atoms with van der Waals surface area (Å²) in [6, 6.07) is 13.8. The number of carbonyl (C=O) groups excluding carboxylic acids is 1. The van der Waals surface area contributed by atoms with Gasteiger partial charge in [0.1, 0.15) is 18.0 Å². The highest BCUT2D eigenvalue weighted by molar-refractivity contribution is 7.92. The van der Waals surface area contributed by atoms with Gasteiger partial charge in [-0.05, 0) is 48.9 Å². The normalized spacial score (nSPS) is 10.9. The van der Waals surface area contributed by atoms with Crippen LogP contribution in [-0.4, -0.2) is 40.8 Å². The van der Waals surface area contributed by atoms with Crippen molar-refractivity contribution in [1.29, 1.82) is 0 Å². The quantitative estimate of drug-likeness (QED) is 0.707. The summed E-state index contributed by atoms with van der Waals surface area (Å²) in [5.41, 5.74) is 1.29. The molecule has 0 aliphatic carbocycles. The molecule has 2 aromatic rings. The van der Waals surface area contributed by atoms with Crippen molar-refractivity contribution in [1.82, 2.24) is 5.32 Å². The zero-order valence-electron chi connectivity index (χ0n) is 15.6. The summed E-state index contributed by atoms with van der Waals surface area (Å²) in [4.78, 5) is 12.3. The van der Waals surface area contributed by atoms with Crippen LogP contribution in [0, 0.1) is 0 Å². The van der Waals surface area contributed by atoms with Gasteiger partial charge in [-0.3, -0.25) is 9.10 Å². The molecule has 0 heterocycles. The predicted molar refractivity (Wildman–Crippen MR) is 105 cm³/mol. The first kappa shape index (κ1) is 20.6. The number of sulfonamides is 1. The van der Waals surface area contributed by atoms with Crippen LogP contribution in [0.5, 0.6) is 11.5 Å². The van der Waals surface area contributed by atoms with Gasteiger partial charge in [-0.2, -0.15) is 0 Å². The van der Waals surface area contributed by atoms with Crippen LogP contribution in [0.2, 0.25) is 0 Å². The Balaban J connectivity index is 2.01. The van der Waals surface area contributed by atoms with Gasteiger partial charge in [-0.25, -0.2) is 8.42 Å². The van der Waals surface area contributed by atoms with Gasteiger partial charge in [0.15, 0.2) is 0 Å². The van der Waals surface area contributed by atoms with Crippen LogP contribution < -0.4 is 19.1 Å². The van der Waals surface area contributed by atoms with E-state index in [1.165, 1.54) is 7.11 Å². The number of rotatable bonds is 9. The predicted octanol–water partition coefficient (Wildman–Crippen LogP) is 2.18. The van der Waals surface area contributed by atoms with Crippen LogP contribution >= 0.6 is 0 Å². The topological polar surface area (TPSA) is 84.9 Å². The number of hydrogen-bond donors (Lipinski definition) is 1. The summed E-state index contributed by atoms with van der Waals surface area (Å²) >= 11 is 0. The Bertz CT molecular complexity index is 849. The van der Waals surface area contributed by atoms with E-state index >= 15 is 0 Å². The maximum absolute atomic E-state index is 12.3. The number of carbonyl (C=O) groups is 1. The third-order valence-electron chi connectivity index (χ3n) is 3.77. The summed E-state index contributed by atoms with van der Waals surface area (Å²) in [6.07, 6.45) is 1.07. The molecule has 2 aromatic carbocycles. The van der Waals surface area contributed by atoms with Crippen molar-refractivity contribution in [3.05, 3.63) is 54.1 Å². The number of ether oxygens (including phenoxy) is 2. The maximum Gasteiger partial charge on any atom is 0.241 e. The molecule has 0 bridgehead atoms. The monoisotopic (exact) mass is 392 g/mol. The maximum atomic E-state index is 12.3. The van der Waals surface area contributed by atoms with E-state index in [4.69, 9.17) is 9.47 Å². The van der Waals surface area contributed by atoms with Gasteiger partial charge in [-0.1, -0.05) is 12.1 Å². The third kappa shape index (κ3) is 6.18. The average molecular weight is 392 g/mol. The first-order valence-corrected chi connectivity index (χ1v) is 10.3. The molecule has 0 radical (unpaired) electrons. The molecule has 1 amide bonds. The third-order valence-corrected chi connectivity index (χ3v) is 4.91. The van der Waals surface area contributed by atoms with Crippen molar-refractivity contribution in [2.45, 2.75) is 13.5 Å². The minimum Gasteiger partial charge on any atom is -0.497 e. The molecule has 0 aromatic heterocycles. The number of methoxy groups -OCH3 is 1. The largest absolute Gasteiger partial charge is 0.497 e. The van der Waals surface area contributed by atoms with Crippen molar-refractivity contribution in [2.24, 2.45) is 0 Å². The summed E-state index contributed by atoms with van der Waals surface area (Å²) < 4.78 is 35.7. The van der Waals surface area contributed by atoms with Crippen molar-refractivity contribution < 1.29 is 22.7 Å². The van der Waals surface area contributed by atoms with Gasteiger partial charge in [-0.15, -0.1) is 0 Å². The Labute approximate surface area is 160 Å². The minimum atomic E-state index is -3.61. The number of amides is 1. The first-order valence-electron chi connectivity index (χ1n) is 8.43. The van der Waals surface area contributed by atoms with E-state index in [1.807, 2.05) is 31.2 Å². The standard InChI is InChI=1S/C19H24N2O5S/c1-4-26-18-9-5-15(6-10-18)13-20-19(22)14-21(27(3,23)24)16-7-11-17(25-2)12-8-16/h5-12H,4,13-14H2,1-3H3,(H,20,22). The fourth-order valence-corrected chi connectivity index (χ4v) is 3.26. The zero-order chi connectivity index (χ0) is 19.9. The van der Waals surface area contributed by atoms with Crippen LogP contribution in [0.15, 0.2) is 48.5 Å². The fourth-order valence-electron chi connectivity index (χ4n) is 2.41. The molecule has 0 unspecified atom stereocenters. The molecule has 1 N–H and O–H groups in total. The summed E-state index contributed by atoms with van der Waals surface area (Å²) in [7, 11) is -2.09. The van der Waals surface area contributed by atoms with E-state index in [1.54, 1.807) is 24.3 Å². The number of nitrogens with zero attached hydrogens (tertiary/aromatic N) is 1. The molecule has 0 fully saturated rings. The van der Waals surface area contributed by atoms with Crippen molar-refractivity contribution in [3.8, 4) is 11.5 Å². The Hall–Kier alpha value is -2.74. The molecule has 0 spiro atoms. The van der Waals surface area contributed by atoms with Crippen LogP contribution in [-0.2, 0) is 21.4 Å². The summed E-state index contributed by atoms with van der Waals surface area (Å²) in [6.45, 7) is 2.49. The molecule has 2 rings (SSSR count). The highest BCUT2D eigenvalue weighted by Crippen LogP contribution is 2.21. The summed E-state index contributed by atoms with van der Waals surface area (Å²) in [5.74, 6) is 0.965. The number of nitrogens with one attached hydrogen (secondary N) is 1. The van der Waals surface area contributed by atoms with Crippen molar-refractivity contribution >= 4 is 21.6 Å². The molecule has 0 aliphatic rings. The van der Waals surface area contributed by atoms with Gasteiger partial charge in [0.2, 0.25) is 15.9 Å². The number of anilines is 1. The van der Waals surface area contributed by atoms with Crippen LogP contribution in [0.4, 0.5) is 5.69 Å². The SMILES string of the molecule is CCOc1ccc(CNC(=O)CN(c2ccc(OC)cc2)S(C)(=O)=O)cc1. The van der Waals surface area contributed by atoms with E-state index < -0.39 is 15.9 Å². The van der Waals surface area contributed by atoms with E-state index in [0.29, 0.717) is 24.6 Å². The zero-order valence-corrected chi connectivity index (χ0v) is 16.5.